The lowest BCUT2D eigenvalue weighted by Crippen LogP contribution is -2.25. The van der Waals surface area contributed by atoms with E-state index in [9.17, 15) is 18.3 Å². The SMILES string of the molecule is C#CCCNS(=O)(=O)c1c(C(=O)O)sc2ccccc12. The summed E-state index contributed by atoms with van der Waals surface area (Å²) in [5.74, 6) is 1.06. The molecule has 20 heavy (non-hydrogen) atoms. The predicted molar refractivity (Wildman–Crippen MR) is 77.4 cm³/mol. The standard InChI is InChI=1S/C13H11NO4S2/c1-2-3-8-14-20(17,18)12-9-6-4-5-7-10(9)19-11(12)13(15)16/h1,4-7,14H,3,8H2,(H,15,16). The number of carboxylic acids is 1. The summed E-state index contributed by atoms with van der Waals surface area (Å²) < 4.78 is 27.5. The van der Waals surface area contributed by atoms with Crippen molar-refractivity contribution in [1.29, 1.82) is 0 Å². The molecule has 2 N–H and O–H groups in total. The molecular formula is C13H11NO4S2. The van der Waals surface area contributed by atoms with Crippen molar-refractivity contribution in [2.24, 2.45) is 0 Å². The van der Waals surface area contributed by atoms with Crippen LogP contribution in [0.1, 0.15) is 16.1 Å². The molecule has 0 amide bonds. The fourth-order valence-corrected chi connectivity index (χ4v) is 4.53. The Hall–Kier alpha value is -1.88. The van der Waals surface area contributed by atoms with Crippen molar-refractivity contribution in [3.63, 3.8) is 0 Å². The molecule has 5 nitrogen and oxygen atoms in total. The molecule has 0 saturated heterocycles. The van der Waals surface area contributed by atoms with E-state index in [0.29, 0.717) is 10.1 Å². The monoisotopic (exact) mass is 309 g/mol. The number of thiophene rings is 1. The lowest BCUT2D eigenvalue weighted by Gasteiger charge is -2.05. The van der Waals surface area contributed by atoms with Gasteiger partial charge in [-0.1, -0.05) is 18.2 Å². The highest BCUT2D eigenvalue weighted by molar-refractivity contribution is 7.90. The van der Waals surface area contributed by atoms with Gasteiger partial charge in [-0.15, -0.1) is 23.7 Å². The number of carbonyl (C=O) groups is 1. The third-order valence-electron chi connectivity index (χ3n) is 2.57. The maximum atomic E-state index is 12.3. The fourth-order valence-electron chi connectivity index (χ4n) is 1.76. The molecule has 0 spiro atoms. The number of hydrogen-bond donors (Lipinski definition) is 2. The van der Waals surface area contributed by atoms with E-state index >= 15 is 0 Å². The highest BCUT2D eigenvalue weighted by Crippen LogP contribution is 2.34. The number of carboxylic acid groups (broad SMARTS) is 1. The molecule has 0 unspecified atom stereocenters. The molecule has 2 aromatic rings. The van der Waals surface area contributed by atoms with Crippen LogP contribution in [-0.4, -0.2) is 26.0 Å². The maximum absolute atomic E-state index is 12.3. The largest absolute Gasteiger partial charge is 0.477 e. The lowest BCUT2D eigenvalue weighted by atomic mass is 10.2. The molecule has 2 rings (SSSR count). The number of terminal acetylenes is 1. The number of nitrogens with one attached hydrogen (secondary N) is 1. The molecule has 1 heterocycles. The van der Waals surface area contributed by atoms with Crippen LogP contribution in [0.3, 0.4) is 0 Å². The van der Waals surface area contributed by atoms with Gasteiger partial charge < -0.3 is 5.11 Å². The van der Waals surface area contributed by atoms with Crippen LogP contribution >= 0.6 is 11.3 Å². The van der Waals surface area contributed by atoms with Crippen molar-refractivity contribution < 1.29 is 18.3 Å². The van der Waals surface area contributed by atoms with Crippen molar-refractivity contribution in [2.75, 3.05) is 6.54 Å². The summed E-state index contributed by atoms with van der Waals surface area (Å²) in [5, 5.41) is 9.59. The predicted octanol–water partition coefficient (Wildman–Crippen LogP) is 1.90. The number of benzene rings is 1. The zero-order valence-electron chi connectivity index (χ0n) is 10.3. The van der Waals surface area contributed by atoms with Gasteiger partial charge in [0.05, 0.1) is 0 Å². The quantitative estimate of drug-likeness (QED) is 0.653. The van der Waals surface area contributed by atoms with E-state index in [-0.39, 0.29) is 22.7 Å². The molecule has 0 aliphatic carbocycles. The average Bonchev–Trinajstić information content (AvgIpc) is 2.79. The summed E-state index contributed by atoms with van der Waals surface area (Å²) in [6.45, 7) is 0.0715. The minimum Gasteiger partial charge on any atom is -0.477 e. The van der Waals surface area contributed by atoms with E-state index in [1.807, 2.05) is 0 Å². The fraction of sp³-hybridized carbons (Fsp3) is 0.154. The summed E-state index contributed by atoms with van der Waals surface area (Å²) >= 11 is 0.939. The first-order chi connectivity index (χ1) is 9.47. The molecule has 0 atom stereocenters. The van der Waals surface area contributed by atoms with Crippen LogP contribution in [0.25, 0.3) is 10.1 Å². The molecule has 0 fully saturated rings. The van der Waals surface area contributed by atoms with Crippen molar-refractivity contribution in [3.8, 4) is 12.3 Å². The molecule has 0 aliphatic heterocycles. The Bertz CT molecular complexity index is 799. The minimum absolute atomic E-state index is 0.0715. The Balaban J connectivity index is 2.60. The smallest absolute Gasteiger partial charge is 0.347 e. The molecule has 7 heteroatoms. The van der Waals surface area contributed by atoms with E-state index in [2.05, 4.69) is 10.6 Å². The van der Waals surface area contributed by atoms with Gasteiger partial charge in [-0.2, -0.15) is 0 Å². The minimum atomic E-state index is -3.91. The van der Waals surface area contributed by atoms with Gasteiger partial charge in [0, 0.05) is 23.1 Å². The van der Waals surface area contributed by atoms with Crippen LogP contribution in [0.5, 0.6) is 0 Å². The van der Waals surface area contributed by atoms with Gasteiger partial charge in [-0.25, -0.2) is 17.9 Å². The molecule has 1 aromatic carbocycles. The highest BCUT2D eigenvalue weighted by Gasteiger charge is 2.27. The van der Waals surface area contributed by atoms with Crippen molar-refractivity contribution in [1.82, 2.24) is 4.72 Å². The van der Waals surface area contributed by atoms with Crippen molar-refractivity contribution >= 4 is 37.4 Å². The number of sulfonamides is 1. The van der Waals surface area contributed by atoms with Crippen LogP contribution in [0.4, 0.5) is 0 Å². The summed E-state index contributed by atoms with van der Waals surface area (Å²) in [6.07, 6.45) is 5.31. The zero-order chi connectivity index (χ0) is 14.8. The van der Waals surface area contributed by atoms with Gasteiger partial charge in [0.25, 0.3) is 0 Å². The summed E-state index contributed by atoms with van der Waals surface area (Å²) in [4.78, 5) is 10.9. The third-order valence-corrected chi connectivity index (χ3v) is 5.41. The third kappa shape index (κ3) is 2.67. The van der Waals surface area contributed by atoms with E-state index in [1.165, 1.54) is 0 Å². The van der Waals surface area contributed by atoms with Gasteiger partial charge in [-0.3, -0.25) is 0 Å². The summed E-state index contributed by atoms with van der Waals surface area (Å²) in [5.41, 5.74) is 0. The molecule has 0 radical (unpaired) electrons. The van der Waals surface area contributed by atoms with Gasteiger partial charge >= 0.3 is 5.97 Å². The molecule has 104 valence electrons. The van der Waals surface area contributed by atoms with E-state index in [4.69, 9.17) is 6.42 Å². The number of aromatic carboxylic acids is 1. The molecule has 0 saturated carbocycles. The first-order valence-electron chi connectivity index (χ1n) is 5.65. The van der Waals surface area contributed by atoms with E-state index < -0.39 is 16.0 Å². The number of rotatable bonds is 5. The van der Waals surface area contributed by atoms with Gasteiger partial charge in [0.1, 0.15) is 9.77 Å². The zero-order valence-corrected chi connectivity index (χ0v) is 11.9. The molecular weight excluding hydrogens is 298 g/mol. The molecule has 0 aliphatic rings. The average molecular weight is 309 g/mol. The Morgan fingerprint density at radius 2 is 2.10 bits per heavy atom. The first-order valence-corrected chi connectivity index (χ1v) is 7.95. The molecule has 1 aromatic heterocycles. The van der Waals surface area contributed by atoms with Gasteiger partial charge in [0.15, 0.2) is 0 Å². The van der Waals surface area contributed by atoms with E-state index in [1.54, 1.807) is 24.3 Å². The summed E-state index contributed by atoms with van der Waals surface area (Å²) in [7, 11) is -3.91. The Morgan fingerprint density at radius 1 is 1.40 bits per heavy atom. The van der Waals surface area contributed by atoms with Crippen LogP contribution < -0.4 is 4.72 Å². The maximum Gasteiger partial charge on any atom is 0.347 e. The normalized spacial score (nSPS) is 11.3. The van der Waals surface area contributed by atoms with Gasteiger partial charge in [0.2, 0.25) is 10.0 Å². The van der Waals surface area contributed by atoms with Crippen molar-refractivity contribution in [2.45, 2.75) is 11.3 Å². The van der Waals surface area contributed by atoms with Crippen LogP contribution in [0.15, 0.2) is 29.2 Å². The van der Waals surface area contributed by atoms with E-state index in [0.717, 1.165) is 11.3 Å². The van der Waals surface area contributed by atoms with Crippen molar-refractivity contribution in [3.05, 3.63) is 29.1 Å². The topological polar surface area (TPSA) is 83.5 Å². The Kier molecular flexibility index (Phi) is 4.09. The van der Waals surface area contributed by atoms with Crippen LogP contribution in [-0.2, 0) is 10.0 Å². The van der Waals surface area contributed by atoms with Crippen LogP contribution in [0, 0.1) is 12.3 Å². The first kappa shape index (κ1) is 14.5. The van der Waals surface area contributed by atoms with Crippen LogP contribution in [0.2, 0.25) is 0 Å². The second-order valence-electron chi connectivity index (χ2n) is 3.91. The second kappa shape index (κ2) is 5.63. The summed E-state index contributed by atoms with van der Waals surface area (Å²) in [6, 6.07) is 6.68. The molecule has 0 bridgehead atoms. The number of fused-ring (bicyclic) bond motifs is 1. The Labute approximate surface area is 120 Å². The lowest BCUT2D eigenvalue weighted by molar-refractivity contribution is 0.0698. The Morgan fingerprint density at radius 3 is 2.75 bits per heavy atom. The second-order valence-corrected chi connectivity index (χ2v) is 6.67. The number of hydrogen-bond acceptors (Lipinski definition) is 4. The van der Waals surface area contributed by atoms with Gasteiger partial charge in [-0.05, 0) is 6.07 Å². The highest BCUT2D eigenvalue weighted by atomic mass is 32.2.